The molecule has 1 aromatic rings. The van der Waals surface area contributed by atoms with E-state index in [1.807, 2.05) is 25.7 Å². The van der Waals surface area contributed by atoms with Gasteiger partial charge in [0, 0.05) is 19.6 Å². The van der Waals surface area contributed by atoms with E-state index in [1.165, 1.54) is 6.20 Å². The number of nitrogens with zero attached hydrogens (tertiary/aromatic N) is 3. The van der Waals surface area contributed by atoms with Crippen LogP contribution in [0.2, 0.25) is 0 Å². The lowest BCUT2D eigenvalue weighted by molar-refractivity contribution is -0.00565. The van der Waals surface area contributed by atoms with Crippen LogP contribution in [0, 0.1) is 5.82 Å². The fraction of sp³-hybridized carbons (Fsp3) is 0.667. The summed E-state index contributed by atoms with van der Waals surface area (Å²) in [4.78, 5) is 10.0. The Hall–Kier alpha value is -1.43. The molecule has 1 N–H and O–H groups in total. The first kappa shape index (κ1) is 13.0. The fourth-order valence-corrected chi connectivity index (χ4v) is 2.17. The molecule has 0 aromatic carbocycles. The average Bonchev–Trinajstić information content (AvgIpc) is 2.30. The molecule has 2 heterocycles. The van der Waals surface area contributed by atoms with E-state index in [-0.39, 0.29) is 12.2 Å². The topological polar surface area (TPSA) is 50.3 Å². The van der Waals surface area contributed by atoms with Crippen LogP contribution in [-0.4, -0.2) is 41.8 Å². The molecule has 0 bridgehead atoms. The van der Waals surface area contributed by atoms with Crippen molar-refractivity contribution in [2.45, 2.75) is 33.0 Å². The summed E-state index contributed by atoms with van der Waals surface area (Å²) >= 11 is 0. The molecule has 6 heteroatoms. The van der Waals surface area contributed by atoms with Crippen LogP contribution in [0.1, 0.15) is 20.8 Å². The van der Waals surface area contributed by atoms with Gasteiger partial charge in [-0.15, -0.1) is 0 Å². The molecule has 1 aliphatic heterocycles. The second kappa shape index (κ2) is 5.48. The van der Waals surface area contributed by atoms with Gasteiger partial charge in [-0.05, 0) is 20.8 Å². The van der Waals surface area contributed by atoms with Crippen LogP contribution in [0.15, 0.2) is 6.20 Å². The maximum Gasteiger partial charge on any atom is 0.224 e. The molecule has 0 aliphatic carbocycles. The number of rotatable bonds is 3. The van der Waals surface area contributed by atoms with Crippen LogP contribution in [0.4, 0.5) is 16.2 Å². The third-order valence-corrected chi connectivity index (χ3v) is 2.78. The Bertz CT molecular complexity index is 405. The first-order valence-corrected chi connectivity index (χ1v) is 6.27. The number of hydrogen-bond donors (Lipinski definition) is 1. The van der Waals surface area contributed by atoms with Gasteiger partial charge >= 0.3 is 0 Å². The highest BCUT2D eigenvalue weighted by molar-refractivity contribution is 5.44. The van der Waals surface area contributed by atoms with Gasteiger partial charge in [-0.2, -0.15) is 4.98 Å². The summed E-state index contributed by atoms with van der Waals surface area (Å²) in [5.41, 5.74) is 0. The summed E-state index contributed by atoms with van der Waals surface area (Å²) in [6.45, 7) is 7.90. The largest absolute Gasteiger partial charge is 0.372 e. The molecule has 0 unspecified atom stereocenters. The van der Waals surface area contributed by atoms with Crippen LogP contribution in [0.3, 0.4) is 0 Å². The van der Waals surface area contributed by atoms with Crippen molar-refractivity contribution in [3.8, 4) is 0 Å². The molecule has 0 spiro atoms. The van der Waals surface area contributed by atoms with Crippen LogP contribution < -0.4 is 10.2 Å². The summed E-state index contributed by atoms with van der Waals surface area (Å²) in [6, 6.07) is 0. The highest BCUT2D eigenvalue weighted by Gasteiger charge is 2.25. The van der Waals surface area contributed by atoms with Crippen molar-refractivity contribution in [2.24, 2.45) is 0 Å². The molecule has 5 nitrogen and oxygen atoms in total. The van der Waals surface area contributed by atoms with Gasteiger partial charge < -0.3 is 15.0 Å². The lowest BCUT2D eigenvalue weighted by Gasteiger charge is -2.36. The minimum absolute atomic E-state index is 0.0747. The van der Waals surface area contributed by atoms with Crippen molar-refractivity contribution < 1.29 is 9.13 Å². The van der Waals surface area contributed by atoms with E-state index in [9.17, 15) is 4.39 Å². The van der Waals surface area contributed by atoms with Crippen molar-refractivity contribution in [3.05, 3.63) is 12.0 Å². The zero-order chi connectivity index (χ0) is 13.1. The van der Waals surface area contributed by atoms with Crippen LogP contribution >= 0.6 is 0 Å². The van der Waals surface area contributed by atoms with Crippen molar-refractivity contribution in [3.63, 3.8) is 0 Å². The number of hydrogen-bond acceptors (Lipinski definition) is 5. The number of ether oxygens (including phenoxy) is 1. The van der Waals surface area contributed by atoms with Gasteiger partial charge in [0.1, 0.15) is 0 Å². The van der Waals surface area contributed by atoms with Crippen molar-refractivity contribution >= 4 is 11.8 Å². The second-order valence-corrected chi connectivity index (χ2v) is 4.56. The molecule has 100 valence electrons. The third kappa shape index (κ3) is 2.87. The lowest BCUT2D eigenvalue weighted by Crippen LogP contribution is -2.46. The Morgan fingerprint density at radius 1 is 1.44 bits per heavy atom. The van der Waals surface area contributed by atoms with Gasteiger partial charge in [0.2, 0.25) is 5.95 Å². The maximum absolute atomic E-state index is 13.8. The van der Waals surface area contributed by atoms with Crippen LogP contribution in [0.5, 0.6) is 0 Å². The van der Waals surface area contributed by atoms with E-state index in [2.05, 4.69) is 15.3 Å². The summed E-state index contributed by atoms with van der Waals surface area (Å²) in [7, 11) is 0. The molecule has 1 aliphatic rings. The standard InChI is InChI=1S/C12H19FN4O/c1-4-14-12-15-5-10(13)11(16-12)17-6-8(2)18-9(3)7-17/h5,8-9H,4,6-7H2,1-3H3,(H,14,15,16)/t8-,9+. The summed E-state index contributed by atoms with van der Waals surface area (Å²) in [5.74, 6) is 0.418. The highest BCUT2D eigenvalue weighted by Crippen LogP contribution is 2.21. The number of morpholine rings is 1. The molecular formula is C12H19FN4O. The second-order valence-electron chi connectivity index (χ2n) is 4.56. The van der Waals surface area contributed by atoms with E-state index in [0.717, 1.165) is 0 Å². The number of nitrogens with one attached hydrogen (secondary N) is 1. The Morgan fingerprint density at radius 2 is 2.11 bits per heavy atom. The lowest BCUT2D eigenvalue weighted by atomic mass is 10.2. The molecule has 2 rings (SSSR count). The van der Waals surface area contributed by atoms with Gasteiger partial charge in [0.25, 0.3) is 0 Å². The Morgan fingerprint density at radius 3 is 2.72 bits per heavy atom. The van der Waals surface area contributed by atoms with Crippen LogP contribution in [-0.2, 0) is 4.74 Å². The molecule has 1 fully saturated rings. The van der Waals surface area contributed by atoms with Gasteiger partial charge in [-0.3, -0.25) is 0 Å². The highest BCUT2D eigenvalue weighted by atomic mass is 19.1. The monoisotopic (exact) mass is 254 g/mol. The average molecular weight is 254 g/mol. The summed E-state index contributed by atoms with van der Waals surface area (Å²) in [5, 5.41) is 2.99. The zero-order valence-corrected chi connectivity index (χ0v) is 11.0. The minimum atomic E-state index is -0.391. The summed E-state index contributed by atoms with van der Waals surface area (Å²) < 4.78 is 19.4. The van der Waals surface area contributed by atoms with Gasteiger partial charge in [-0.1, -0.05) is 0 Å². The first-order valence-electron chi connectivity index (χ1n) is 6.27. The number of halogens is 1. The van der Waals surface area contributed by atoms with E-state index in [0.29, 0.717) is 31.4 Å². The van der Waals surface area contributed by atoms with Crippen molar-refractivity contribution in [1.29, 1.82) is 0 Å². The maximum atomic E-state index is 13.8. The van der Waals surface area contributed by atoms with Gasteiger partial charge in [0.15, 0.2) is 11.6 Å². The first-order chi connectivity index (χ1) is 8.60. The predicted molar refractivity (Wildman–Crippen MR) is 68.4 cm³/mol. The molecule has 0 radical (unpaired) electrons. The minimum Gasteiger partial charge on any atom is -0.372 e. The predicted octanol–water partition coefficient (Wildman–Crippen LogP) is 1.66. The molecule has 1 aromatic heterocycles. The quantitative estimate of drug-likeness (QED) is 0.889. The molecule has 18 heavy (non-hydrogen) atoms. The van der Waals surface area contributed by atoms with Gasteiger partial charge in [-0.25, -0.2) is 9.37 Å². The zero-order valence-electron chi connectivity index (χ0n) is 11.0. The third-order valence-electron chi connectivity index (χ3n) is 2.78. The van der Waals surface area contributed by atoms with Crippen molar-refractivity contribution in [1.82, 2.24) is 9.97 Å². The van der Waals surface area contributed by atoms with Gasteiger partial charge in [0.05, 0.1) is 18.4 Å². The van der Waals surface area contributed by atoms with E-state index >= 15 is 0 Å². The SMILES string of the molecule is CCNc1ncc(F)c(N2C[C@@H](C)O[C@@H](C)C2)n1. The molecular weight excluding hydrogens is 235 g/mol. The molecule has 0 amide bonds. The van der Waals surface area contributed by atoms with Crippen molar-refractivity contribution in [2.75, 3.05) is 29.9 Å². The number of aromatic nitrogens is 2. The molecule has 2 atom stereocenters. The Labute approximate surface area is 106 Å². The normalized spacial score (nSPS) is 24.1. The summed E-state index contributed by atoms with van der Waals surface area (Å²) in [6.07, 6.45) is 1.36. The number of anilines is 2. The Balaban J connectivity index is 2.22. The molecule has 0 saturated carbocycles. The van der Waals surface area contributed by atoms with E-state index in [1.54, 1.807) is 0 Å². The fourth-order valence-electron chi connectivity index (χ4n) is 2.17. The van der Waals surface area contributed by atoms with E-state index in [4.69, 9.17) is 4.74 Å². The molecule has 1 saturated heterocycles. The Kier molecular flexibility index (Phi) is 3.96. The smallest absolute Gasteiger partial charge is 0.224 e. The van der Waals surface area contributed by atoms with Crippen LogP contribution in [0.25, 0.3) is 0 Å². The van der Waals surface area contributed by atoms with E-state index < -0.39 is 5.82 Å².